The molecule has 0 aromatic heterocycles. The molecule has 1 amide bonds. The summed E-state index contributed by atoms with van der Waals surface area (Å²) < 4.78 is 0. The van der Waals surface area contributed by atoms with E-state index in [9.17, 15) is 9.90 Å². The molecule has 0 spiro atoms. The van der Waals surface area contributed by atoms with Gasteiger partial charge in [0.15, 0.2) is 0 Å². The molecule has 102 valence electrons. The number of carbonyl (C=O) groups excluding carboxylic acids is 1. The quantitative estimate of drug-likeness (QED) is 0.869. The Labute approximate surface area is 118 Å². The molecular formula is C15H18ClNO2. The van der Waals surface area contributed by atoms with Crippen molar-refractivity contribution in [2.45, 2.75) is 25.7 Å². The molecule has 19 heavy (non-hydrogen) atoms. The van der Waals surface area contributed by atoms with E-state index in [0.717, 1.165) is 18.4 Å². The second-order valence-electron chi connectivity index (χ2n) is 5.71. The molecule has 3 rings (SSSR count). The highest BCUT2D eigenvalue weighted by atomic mass is 35.5. The Kier molecular flexibility index (Phi) is 3.40. The third-order valence-corrected chi connectivity index (χ3v) is 4.39. The molecule has 0 radical (unpaired) electrons. The minimum Gasteiger partial charge on any atom is -0.507 e. The molecule has 0 bridgehead atoms. The first-order chi connectivity index (χ1) is 9.15. The minimum atomic E-state index is -0.230. The molecule has 2 saturated carbocycles. The molecule has 0 unspecified atom stereocenters. The van der Waals surface area contributed by atoms with Crippen LogP contribution in [0.3, 0.4) is 0 Å². The molecule has 4 heteroatoms. The zero-order chi connectivity index (χ0) is 13.4. The molecule has 1 aromatic rings. The van der Waals surface area contributed by atoms with Gasteiger partial charge in [-0.2, -0.15) is 0 Å². The summed E-state index contributed by atoms with van der Waals surface area (Å²) in [6.45, 7) is 0.722. The van der Waals surface area contributed by atoms with Crippen LogP contribution in [0.2, 0.25) is 5.02 Å². The first-order valence-corrected chi connectivity index (χ1v) is 7.29. The Morgan fingerprint density at radius 3 is 2.53 bits per heavy atom. The lowest BCUT2D eigenvalue weighted by Crippen LogP contribution is -2.31. The van der Waals surface area contributed by atoms with E-state index in [1.165, 1.54) is 37.8 Å². The third kappa shape index (κ3) is 3.03. The molecule has 1 aromatic carbocycles. The van der Waals surface area contributed by atoms with Crippen molar-refractivity contribution in [2.75, 3.05) is 6.54 Å². The number of rotatable bonds is 5. The van der Waals surface area contributed by atoms with E-state index < -0.39 is 0 Å². The summed E-state index contributed by atoms with van der Waals surface area (Å²) in [7, 11) is 0. The van der Waals surface area contributed by atoms with Gasteiger partial charge in [-0.25, -0.2) is 0 Å². The molecule has 0 atom stereocenters. The van der Waals surface area contributed by atoms with Crippen LogP contribution in [0.25, 0.3) is 0 Å². The number of phenols is 1. The van der Waals surface area contributed by atoms with Crippen molar-refractivity contribution in [3.05, 3.63) is 28.8 Å². The third-order valence-electron chi connectivity index (χ3n) is 4.16. The fourth-order valence-corrected chi connectivity index (χ4v) is 2.93. The van der Waals surface area contributed by atoms with Crippen molar-refractivity contribution in [3.8, 4) is 5.75 Å². The van der Waals surface area contributed by atoms with Gasteiger partial charge in [-0.05, 0) is 61.6 Å². The van der Waals surface area contributed by atoms with Gasteiger partial charge in [-0.15, -0.1) is 0 Å². The summed E-state index contributed by atoms with van der Waals surface area (Å²) in [5.74, 6) is 1.99. The van der Waals surface area contributed by atoms with E-state index >= 15 is 0 Å². The smallest absolute Gasteiger partial charge is 0.255 e. The van der Waals surface area contributed by atoms with Crippen LogP contribution in [0.15, 0.2) is 18.2 Å². The summed E-state index contributed by atoms with van der Waals surface area (Å²) in [5.41, 5.74) is 0.262. The number of amides is 1. The zero-order valence-electron chi connectivity index (χ0n) is 10.7. The number of aromatic hydroxyl groups is 1. The van der Waals surface area contributed by atoms with Gasteiger partial charge in [0.05, 0.1) is 5.56 Å². The summed E-state index contributed by atoms with van der Waals surface area (Å²) in [6, 6.07) is 4.54. The van der Waals surface area contributed by atoms with E-state index in [2.05, 4.69) is 5.32 Å². The van der Waals surface area contributed by atoms with Gasteiger partial charge < -0.3 is 10.4 Å². The predicted octanol–water partition coefficient (Wildman–Crippen LogP) is 3.21. The maximum absolute atomic E-state index is 12.1. The standard InChI is InChI=1S/C15H18ClNO2/c16-11-5-6-14(18)12(7-11)15(19)17-8-13(9-1-2-9)10-3-4-10/h5-7,9-10,13,18H,1-4,8H2,(H,17,19). The zero-order valence-corrected chi connectivity index (χ0v) is 11.5. The molecule has 2 aliphatic carbocycles. The van der Waals surface area contributed by atoms with E-state index in [1.807, 2.05) is 0 Å². The summed E-state index contributed by atoms with van der Waals surface area (Å²) in [5, 5.41) is 13.1. The fourth-order valence-electron chi connectivity index (χ4n) is 2.76. The molecule has 0 heterocycles. The Bertz CT molecular complexity index is 483. The topological polar surface area (TPSA) is 49.3 Å². The first-order valence-electron chi connectivity index (χ1n) is 6.92. The van der Waals surface area contributed by atoms with Crippen molar-refractivity contribution in [1.82, 2.24) is 5.32 Å². The lowest BCUT2D eigenvalue weighted by Gasteiger charge is -2.16. The van der Waals surface area contributed by atoms with Gasteiger partial charge in [0.1, 0.15) is 5.75 Å². The molecule has 3 nitrogen and oxygen atoms in total. The maximum atomic E-state index is 12.1. The van der Waals surface area contributed by atoms with Gasteiger partial charge in [0.25, 0.3) is 5.91 Å². The van der Waals surface area contributed by atoms with Gasteiger partial charge in [0, 0.05) is 11.6 Å². The number of hydrogen-bond acceptors (Lipinski definition) is 2. The number of benzene rings is 1. The van der Waals surface area contributed by atoms with Gasteiger partial charge in [-0.1, -0.05) is 11.6 Å². The van der Waals surface area contributed by atoms with Crippen LogP contribution >= 0.6 is 11.6 Å². The van der Waals surface area contributed by atoms with Crippen LogP contribution in [0, 0.1) is 17.8 Å². The van der Waals surface area contributed by atoms with Crippen molar-refractivity contribution >= 4 is 17.5 Å². The average Bonchev–Trinajstić information content (AvgIpc) is 3.25. The van der Waals surface area contributed by atoms with Gasteiger partial charge >= 0.3 is 0 Å². The number of carbonyl (C=O) groups is 1. The normalized spacial score (nSPS) is 18.6. The van der Waals surface area contributed by atoms with Crippen LogP contribution in [0.5, 0.6) is 5.75 Å². The summed E-state index contributed by atoms with van der Waals surface area (Å²) in [6.07, 6.45) is 5.22. The second kappa shape index (κ2) is 5.04. The van der Waals surface area contributed by atoms with Crippen molar-refractivity contribution in [2.24, 2.45) is 17.8 Å². The number of hydrogen-bond donors (Lipinski definition) is 2. The number of halogens is 1. The van der Waals surface area contributed by atoms with Crippen LogP contribution in [0.1, 0.15) is 36.0 Å². The Hall–Kier alpha value is -1.22. The number of phenolic OH excluding ortho intramolecular Hbond substituents is 1. The molecular weight excluding hydrogens is 262 g/mol. The Balaban J connectivity index is 1.62. The van der Waals surface area contributed by atoms with E-state index in [4.69, 9.17) is 11.6 Å². The van der Waals surface area contributed by atoms with E-state index in [1.54, 1.807) is 6.07 Å². The van der Waals surface area contributed by atoms with Crippen LogP contribution in [-0.2, 0) is 0 Å². The van der Waals surface area contributed by atoms with E-state index in [-0.39, 0.29) is 17.2 Å². The SMILES string of the molecule is O=C(NCC(C1CC1)C1CC1)c1cc(Cl)ccc1O. The second-order valence-corrected chi connectivity index (χ2v) is 6.15. The van der Waals surface area contributed by atoms with Crippen molar-refractivity contribution in [1.29, 1.82) is 0 Å². The highest BCUT2D eigenvalue weighted by Crippen LogP contribution is 2.48. The lowest BCUT2D eigenvalue weighted by atomic mass is 9.98. The van der Waals surface area contributed by atoms with Crippen LogP contribution in [0.4, 0.5) is 0 Å². The largest absolute Gasteiger partial charge is 0.507 e. The Morgan fingerprint density at radius 1 is 1.32 bits per heavy atom. The average molecular weight is 280 g/mol. The maximum Gasteiger partial charge on any atom is 0.255 e. The summed E-state index contributed by atoms with van der Waals surface area (Å²) >= 11 is 5.85. The van der Waals surface area contributed by atoms with Gasteiger partial charge in [-0.3, -0.25) is 4.79 Å². The molecule has 2 aliphatic rings. The monoisotopic (exact) mass is 279 g/mol. The van der Waals surface area contributed by atoms with Crippen molar-refractivity contribution < 1.29 is 9.90 Å². The summed E-state index contributed by atoms with van der Waals surface area (Å²) in [4.78, 5) is 12.1. The lowest BCUT2D eigenvalue weighted by molar-refractivity contribution is 0.0940. The predicted molar refractivity (Wildman–Crippen MR) is 74.4 cm³/mol. The van der Waals surface area contributed by atoms with Gasteiger partial charge in [0.2, 0.25) is 0 Å². The molecule has 2 N–H and O–H groups in total. The van der Waals surface area contributed by atoms with E-state index in [0.29, 0.717) is 10.9 Å². The van der Waals surface area contributed by atoms with Crippen LogP contribution in [-0.4, -0.2) is 17.6 Å². The molecule has 0 saturated heterocycles. The van der Waals surface area contributed by atoms with Crippen molar-refractivity contribution in [3.63, 3.8) is 0 Å². The number of nitrogens with one attached hydrogen (secondary N) is 1. The highest BCUT2D eigenvalue weighted by molar-refractivity contribution is 6.31. The minimum absolute atomic E-state index is 0.0173. The molecule has 2 fully saturated rings. The fraction of sp³-hybridized carbons (Fsp3) is 0.533. The highest BCUT2D eigenvalue weighted by Gasteiger charge is 2.41. The molecule has 0 aliphatic heterocycles. The van der Waals surface area contributed by atoms with Crippen LogP contribution < -0.4 is 5.32 Å². The first kappa shape index (κ1) is 12.8. The Morgan fingerprint density at radius 2 is 1.95 bits per heavy atom.